The van der Waals surface area contributed by atoms with Crippen LogP contribution in [0, 0.1) is 11.6 Å². The van der Waals surface area contributed by atoms with Gasteiger partial charge >= 0.3 is 6.18 Å². The number of halogens is 8. The van der Waals surface area contributed by atoms with Gasteiger partial charge in [-0.3, -0.25) is 9.59 Å². The van der Waals surface area contributed by atoms with E-state index in [0.717, 1.165) is 12.1 Å². The molecule has 1 unspecified atom stereocenters. The molecule has 0 fully saturated rings. The summed E-state index contributed by atoms with van der Waals surface area (Å²) in [5, 5.41) is 7.32. The molecule has 0 saturated heterocycles. The summed E-state index contributed by atoms with van der Waals surface area (Å²) in [4.78, 5) is 25.6. The maximum Gasteiger partial charge on any atom is 0.416 e. The van der Waals surface area contributed by atoms with Crippen LogP contribution < -0.4 is 16.0 Å². The molecule has 2 amide bonds. The Kier molecular flexibility index (Phi) is 7.05. The van der Waals surface area contributed by atoms with Crippen LogP contribution in [0.3, 0.4) is 0 Å². The van der Waals surface area contributed by atoms with Gasteiger partial charge in [-0.15, -0.1) is 0 Å². The Morgan fingerprint density at radius 2 is 1.76 bits per heavy atom. The summed E-state index contributed by atoms with van der Waals surface area (Å²) < 4.78 is 92.7. The second kappa shape index (κ2) is 9.92. The lowest BCUT2D eigenvalue weighted by molar-refractivity contribution is -0.137. The first kappa shape index (κ1) is 26.3. The second-order valence-electron chi connectivity index (χ2n) is 8.01. The topological polar surface area (TPSA) is 70.2 Å². The average Bonchev–Trinajstić information content (AvgIpc) is 3.14. The zero-order chi connectivity index (χ0) is 27.1. The number of hydrogen-bond acceptors (Lipinski definition) is 3. The zero-order valence-electron chi connectivity index (χ0n) is 18.3. The quantitative estimate of drug-likeness (QED) is 0.314. The van der Waals surface area contributed by atoms with Gasteiger partial charge in [-0.25, -0.2) is 17.6 Å². The van der Waals surface area contributed by atoms with Gasteiger partial charge in [0.15, 0.2) is 0 Å². The van der Waals surface area contributed by atoms with Crippen molar-refractivity contribution >= 4 is 34.8 Å². The van der Waals surface area contributed by atoms with Crippen molar-refractivity contribution < 1.29 is 40.3 Å². The van der Waals surface area contributed by atoms with Gasteiger partial charge < -0.3 is 16.0 Å². The minimum Gasteiger partial charge on any atom is -0.379 e. The number of benzene rings is 3. The zero-order valence-corrected chi connectivity index (χ0v) is 19.1. The van der Waals surface area contributed by atoms with Crippen molar-refractivity contribution in [2.24, 2.45) is 0 Å². The lowest BCUT2D eigenvalue weighted by Crippen LogP contribution is -2.21. The number of hydrogen-bond donors (Lipinski definition) is 3. The average molecular weight is 546 g/mol. The maximum absolute atomic E-state index is 14.0. The minimum absolute atomic E-state index is 0.0225. The van der Waals surface area contributed by atoms with Crippen LogP contribution in [0.25, 0.3) is 0 Å². The van der Waals surface area contributed by atoms with Crippen molar-refractivity contribution in [3.05, 3.63) is 93.0 Å². The Bertz CT molecular complexity index is 1400. The fraction of sp³-hybridized carbons (Fsp3) is 0.167. The first-order chi connectivity index (χ1) is 17.3. The van der Waals surface area contributed by atoms with Crippen LogP contribution in [-0.2, 0) is 6.18 Å². The molecule has 4 rings (SSSR count). The number of fused-ring (bicyclic) bond motifs is 1. The molecular formula is C24H15ClF7N3O2. The van der Waals surface area contributed by atoms with Crippen LogP contribution in [0.2, 0.25) is 5.02 Å². The molecule has 1 aliphatic heterocycles. The summed E-state index contributed by atoms with van der Waals surface area (Å²) in [7, 11) is 0. The van der Waals surface area contributed by atoms with Crippen molar-refractivity contribution in [3.63, 3.8) is 0 Å². The summed E-state index contributed by atoms with van der Waals surface area (Å²) in [6.07, 6.45) is -7.71. The number of anilines is 2. The lowest BCUT2D eigenvalue weighted by Gasteiger charge is -2.19. The van der Waals surface area contributed by atoms with Crippen molar-refractivity contribution in [2.75, 3.05) is 17.2 Å². The van der Waals surface area contributed by atoms with Crippen LogP contribution in [0.4, 0.5) is 42.1 Å². The Morgan fingerprint density at radius 3 is 2.43 bits per heavy atom. The van der Waals surface area contributed by atoms with Gasteiger partial charge in [-0.05, 0) is 48.5 Å². The molecule has 0 aliphatic carbocycles. The van der Waals surface area contributed by atoms with E-state index < -0.39 is 59.8 Å². The number of carbonyl (C=O) groups excluding carboxylic acids is 2. The molecule has 1 heterocycles. The summed E-state index contributed by atoms with van der Waals surface area (Å²) >= 11 is 6.19. The highest BCUT2D eigenvalue weighted by Crippen LogP contribution is 2.41. The summed E-state index contributed by atoms with van der Waals surface area (Å²) in [5.74, 6) is -3.90. The molecule has 1 aliphatic rings. The predicted molar refractivity (Wildman–Crippen MR) is 121 cm³/mol. The van der Waals surface area contributed by atoms with E-state index >= 15 is 0 Å². The van der Waals surface area contributed by atoms with Crippen LogP contribution in [0.15, 0.2) is 48.5 Å². The number of carbonyl (C=O) groups is 2. The number of rotatable bonds is 6. The molecule has 194 valence electrons. The predicted octanol–water partition coefficient (Wildman–Crippen LogP) is 6.40. The van der Waals surface area contributed by atoms with Gasteiger partial charge in [0.25, 0.3) is 18.2 Å². The van der Waals surface area contributed by atoms with Crippen LogP contribution >= 0.6 is 11.6 Å². The van der Waals surface area contributed by atoms with E-state index in [-0.39, 0.29) is 39.2 Å². The van der Waals surface area contributed by atoms with E-state index in [1.54, 1.807) is 0 Å². The summed E-state index contributed by atoms with van der Waals surface area (Å²) in [6, 6.07) is 5.86. The van der Waals surface area contributed by atoms with Gasteiger partial charge in [0.2, 0.25) is 0 Å². The molecule has 0 saturated carbocycles. The fourth-order valence-corrected chi connectivity index (χ4v) is 4.11. The van der Waals surface area contributed by atoms with Crippen molar-refractivity contribution in [1.82, 2.24) is 5.32 Å². The second-order valence-corrected chi connectivity index (χ2v) is 8.42. The highest BCUT2D eigenvalue weighted by Gasteiger charge is 2.36. The molecule has 0 radical (unpaired) electrons. The fourth-order valence-electron chi connectivity index (χ4n) is 3.88. The van der Waals surface area contributed by atoms with Crippen LogP contribution in [0.5, 0.6) is 0 Å². The van der Waals surface area contributed by atoms with Gasteiger partial charge in [-0.2, -0.15) is 13.2 Å². The van der Waals surface area contributed by atoms with E-state index in [1.807, 2.05) is 0 Å². The molecule has 5 nitrogen and oxygen atoms in total. The van der Waals surface area contributed by atoms with Gasteiger partial charge in [0.1, 0.15) is 11.6 Å². The molecule has 13 heteroatoms. The van der Waals surface area contributed by atoms with Gasteiger partial charge in [0, 0.05) is 38.7 Å². The number of alkyl halides is 5. The smallest absolute Gasteiger partial charge is 0.379 e. The SMILES string of the molecule is O=C(Nc1cc(NCC(F)F)cc2c1C(c1cc(F)ccc1Cl)NC2=O)c1cc(F)cc(C(F)(F)F)c1. The van der Waals surface area contributed by atoms with Crippen molar-refractivity contribution in [3.8, 4) is 0 Å². The first-order valence-corrected chi connectivity index (χ1v) is 10.9. The number of amides is 2. The Balaban J connectivity index is 1.81. The Hall–Kier alpha value is -3.80. The normalized spacial score (nSPS) is 14.9. The lowest BCUT2D eigenvalue weighted by atomic mass is 9.95. The monoisotopic (exact) mass is 545 g/mol. The van der Waals surface area contributed by atoms with Gasteiger partial charge in [0.05, 0.1) is 18.2 Å². The molecular weight excluding hydrogens is 531 g/mol. The highest BCUT2D eigenvalue weighted by atomic mass is 35.5. The van der Waals surface area contributed by atoms with Crippen LogP contribution in [0.1, 0.15) is 43.4 Å². The van der Waals surface area contributed by atoms with Crippen molar-refractivity contribution in [2.45, 2.75) is 18.6 Å². The van der Waals surface area contributed by atoms with E-state index in [4.69, 9.17) is 11.6 Å². The van der Waals surface area contributed by atoms with E-state index in [0.29, 0.717) is 12.1 Å². The summed E-state index contributed by atoms with van der Waals surface area (Å²) in [5.41, 5.74) is -2.23. The van der Waals surface area contributed by atoms with E-state index in [9.17, 15) is 40.3 Å². The molecule has 0 bridgehead atoms. The number of nitrogens with one attached hydrogen (secondary N) is 3. The molecule has 3 aromatic carbocycles. The Labute approximate surface area is 209 Å². The van der Waals surface area contributed by atoms with E-state index in [1.165, 1.54) is 18.2 Å². The van der Waals surface area contributed by atoms with Gasteiger partial charge in [-0.1, -0.05) is 11.6 Å². The van der Waals surface area contributed by atoms with Crippen LogP contribution in [-0.4, -0.2) is 24.8 Å². The minimum atomic E-state index is -4.94. The third-order valence-electron chi connectivity index (χ3n) is 5.45. The standard InChI is InChI=1S/C24H15ClF7N3O2/c25-17-2-1-12(26)6-15(17)21-20-16(23(37)35-21)7-14(33-9-19(28)29)8-18(20)34-22(36)10-3-11(24(30,31)32)5-13(27)4-10/h1-8,19,21,33H,9H2,(H,34,36)(H,35,37). The highest BCUT2D eigenvalue weighted by molar-refractivity contribution is 6.31. The molecule has 0 aromatic heterocycles. The van der Waals surface area contributed by atoms with Crippen molar-refractivity contribution in [1.29, 1.82) is 0 Å². The van der Waals surface area contributed by atoms with E-state index in [2.05, 4.69) is 16.0 Å². The molecule has 3 aromatic rings. The largest absolute Gasteiger partial charge is 0.416 e. The maximum atomic E-state index is 14.0. The molecule has 0 spiro atoms. The third-order valence-corrected chi connectivity index (χ3v) is 5.80. The molecule has 37 heavy (non-hydrogen) atoms. The Morgan fingerprint density at radius 1 is 1.03 bits per heavy atom. The third kappa shape index (κ3) is 5.63. The summed E-state index contributed by atoms with van der Waals surface area (Å²) in [6.45, 7) is -0.814. The molecule has 3 N–H and O–H groups in total. The first-order valence-electron chi connectivity index (χ1n) is 10.5. The molecule has 1 atom stereocenters.